The highest BCUT2D eigenvalue weighted by Crippen LogP contribution is 2.31. The summed E-state index contributed by atoms with van der Waals surface area (Å²) in [6.07, 6.45) is 2.96. The van der Waals surface area contributed by atoms with Gasteiger partial charge in [-0.2, -0.15) is 5.10 Å². The standard InChI is InChI=1S/C21H21ClN4O6S/c1-13-15(21(22)26(24-13)14-8-9-33(30,31)12-14)6-7-20(29)32-11-19(28)25-10-18(27)23-16-4-2-3-5-17(16)25/h2-7,14H,8-12H2,1H3,(H,23,27)/b7-6+/t14-/m1/s1. The lowest BCUT2D eigenvalue weighted by molar-refractivity contribution is -0.143. The minimum atomic E-state index is -3.11. The van der Waals surface area contributed by atoms with Crippen molar-refractivity contribution in [3.63, 3.8) is 0 Å². The number of sulfone groups is 1. The van der Waals surface area contributed by atoms with Gasteiger partial charge in [0.05, 0.1) is 34.6 Å². The summed E-state index contributed by atoms with van der Waals surface area (Å²) >= 11 is 6.38. The first-order valence-electron chi connectivity index (χ1n) is 10.1. The average molecular weight is 493 g/mol. The normalized spacial score (nSPS) is 19.4. The van der Waals surface area contributed by atoms with Gasteiger partial charge in [-0.3, -0.25) is 14.5 Å². The molecule has 33 heavy (non-hydrogen) atoms. The van der Waals surface area contributed by atoms with Gasteiger partial charge in [0.25, 0.3) is 5.91 Å². The number of anilines is 2. The van der Waals surface area contributed by atoms with Crippen LogP contribution in [0.3, 0.4) is 0 Å². The number of hydrogen-bond donors (Lipinski definition) is 1. The first-order chi connectivity index (χ1) is 15.6. The lowest BCUT2D eigenvalue weighted by Crippen LogP contribution is -2.43. The van der Waals surface area contributed by atoms with Crippen molar-refractivity contribution >= 4 is 56.7 Å². The molecule has 2 aromatic rings. The van der Waals surface area contributed by atoms with Crippen LogP contribution in [0.2, 0.25) is 5.15 Å². The second-order valence-electron chi connectivity index (χ2n) is 7.78. The monoisotopic (exact) mass is 492 g/mol. The maximum Gasteiger partial charge on any atom is 0.331 e. The molecular weight excluding hydrogens is 472 g/mol. The summed E-state index contributed by atoms with van der Waals surface area (Å²) < 4.78 is 30.0. The molecule has 174 valence electrons. The highest BCUT2D eigenvalue weighted by molar-refractivity contribution is 7.91. The molecule has 10 nitrogen and oxygen atoms in total. The number of hydrogen-bond acceptors (Lipinski definition) is 7. The number of para-hydroxylation sites is 2. The van der Waals surface area contributed by atoms with Crippen LogP contribution in [0.5, 0.6) is 0 Å². The fourth-order valence-corrected chi connectivity index (χ4v) is 5.87. The lowest BCUT2D eigenvalue weighted by atomic mass is 10.2. The number of benzene rings is 1. The third-order valence-electron chi connectivity index (χ3n) is 5.42. The number of aromatic nitrogens is 2. The van der Waals surface area contributed by atoms with Gasteiger partial charge >= 0.3 is 5.97 Å². The van der Waals surface area contributed by atoms with Crippen LogP contribution in [0.15, 0.2) is 30.3 Å². The third kappa shape index (κ3) is 4.93. The summed E-state index contributed by atoms with van der Waals surface area (Å²) in [6, 6.07) is 6.48. The van der Waals surface area contributed by atoms with Crippen molar-refractivity contribution < 1.29 is 27.5 Å². The average Bonchev–Trinajstić information content (AvgIpc) is 3.27. The van der Waals surface area contributed by atoms with Crippen LogP contribution in [0, 0.1) is 6.92 Å². The molecule has 2 amide bonds. The number of esters is 1. The Hall–Kier alpha value is -3.18. The van der Waals surface area contributed by atoms with E-state index in [9.17, 15) is 22.8 Å². The van der Waals surface area contributed by atoms with E-state index in [1.54, 1.807) is 31.2 Å². The summed E-state index contributed by atoms with van der Waals surface area (Å²) in [5.74, 6) is -1.60. The van der Waals surface area contributed by atoms with Crippen molar-refractivity contribution in [3.8, 4) is 0 Å². The van der Waals surface area contributed by atoms with E-state index in [1.807, 2.05) is 0 Å². The molecule has 0 aliphatic carbocycles. The van der Waals surface area contributed by atoms with Crippen LogP contribution in [-0.4, -0.2) is 60.6 Å². The zero-order chi connectivity index (χ0) is 23.8. The van der Waals surface area contributed by atoms with Gasteiger partial charge < -0.3 is 10.1 Å². The van der Waals surface area contributed by atoms with Crippen molar-refractivity contribution in [2.75, 3.05) is 34.9 Å². The second-order valence-corrected chi connectivity index (χ2v) is 10.4. The van der Waals surface area contributed by atoms with E-state index in [2.05, 4.69) is 10.4 Å². The van der Waals surface area contributed by atoms with E-state index in [-0.39, 0.29) is 35.2 Å². The van der Waals surface area contributed by atoms with E-state index in [1.165, 1.54) is 15.7 Å². The van der Waals surface area contributed by atoms with Gasteiger partial charge in [-0.25, -0.2) is 17.9 Å². The van der Waals surface area contributed by atoms with Gasteiger partial charge in [-0.1, -0.05) is 23.7 Å². The lowest BCUT2D eigenvalue weighted by Gasteiger charge is -2.28. The van der Waals surface area contributed by atoms with Crippen LogP contribution in [0.25, 0.3) is 6.08 Å². The van der Waals surface area contributed by atoms with Crippen LogP contribution >= 0.6 is 11.6 Å². The number of carbonyl (C=O) groups is 3. The largest absolute Gasteiger partial charge is 0.452 e. The number of ether oxygens (including phenoxy) is 1. The molecule has 1 aromatic heterocycles. The SMILES string of the molecule is Cc1nn([C@@H]2CCS(=O)(=O)C2)c(Cl)c1/C=C/C(=O)OCC(=O)N1CC(=O)Nc2ccccc21. The Morgan fingerprint density at radius 3 is 2.82 bits per heavy atom. The smallest absolute Gasteiger partial charge is 0.331 e. The van der Waals surface area contributed by atoms with E-state index in [4.69, 9.17) is 16.3 Å². The van der Waals surface area contributed by atoms with Gasteiger partial charge in [-0.15, -0.1) is 0 Å². The van der Waals surface area contributed by atoms with Crippen molar-refractivity contribution in [2.45, 2.75) is 19.4 Å². The topological polar surface area (TPSA) is 128 Å². The highest BCUT2D eigenvalue weighted by Gasteiger charge is 2.32. The zero-order valence-electron chi connectivity index (χ0n) is 17.7. The molecule has 4 rings (SSSR count). The van der Waals surface area contributed by atoms with Gasteiger partial charge in [0.2, 0.25) is 5.91 Å². The Balaban J connectivity index is 1.39. The maximum atomic E-state index is 12.6. The predicted octanol–water partition coefficient (Wildman–Crippen LogP) is 1.75. The summed E-state index contributed by atoms with van der Waals surface area (Å²) in [7, 11) is -3.11. The Kier molecular flexibility index (Phi) is 6.26. The molecule has 3 heterocycles. The van der Waals surface area contributed by atoms with Crippen molar-refractivity contribution in [2.24, 2.45) is 0 Å². The number of aryl methyl sites for hydroxylation is 1. The number of carbonyl (C=O) groups excluding carboxylic acids is 3. The van der Waals surface area contributed by atoms with Gasteiger partial charge in [0, 0.05) is 11.6 Å². The summed E-state index contributed by atoms with van der Waals surface area (Å²) in [5.41, 5.74) is 2.02. The van der Waals surface area contributed by atoms with Crippen molar-refractivity contribution in [3.05, 3.63) is 46.8 Å². The summed E-state index contributed by atoms with van der Waals surface area (Å²) in [4.78, 5) is 37.8. The fourth-order valence-electron chi connectivity index (χ4n) is 3.80. The van der Waals surface area contributed by atoms with Crippen molar-refractivity contribution in [1.82, 2.24) is 9.78 Å². The Labute approximate surface area is 195 Å². The van der Waals surface area contributed by atoms with Crippen molar-refractivity contribution in [1.29, 1.82) is 0 Å². The molecule has 1 N–H and O–H groups in total. The molecule has 12 heteroatoms. The van der Waals surface area contributed by atoms with E-state index in [0.29, 0.717) is 29.1 Å². The molecule has 2 aliphatic rings. The maximum absolute atomic E-state index is 12.6. The van der Waals surface area contributed by atoms with Gasteiger partial charge in [0.1, 0.15) is 11.7 Å². The Morgan fingerprint density at radius 1 is 1.33 bits per heavy atom. The zero-order valence-corrected chi connectivity index (χ0v) is 19.2. The molecule has 0 bridgehead atoms. The molecule has 2 aliphatic heterocycles. The number of rotatable bonds is 5. The number of halogens is 1. The molecule has 1 saturated heterocycles. The van der Waals surface area contributed by atoms with Crippen LogP contribution in [-0.2, 0) is 29.0 Å². The van der Waals surface area contributed by atoms with E-state index in [0.717, 1.165) is 6.08 Å². The number of nitrogens with zero attached hydrogens (tertiary/aromatic N) is 3. The highest BCUT2D eigenvalue weighted by atomic mass is 35.5. The number of fused-ring (bicyclic) bond motifs is 1. The van der Waals surface area contributed by atoms with Crippen LogP contribution < -0.4 is 10.2 Å². The third-order valence-corrected chi connectivity index (χ3v) is 7.55. The molecule has 0 saturated carbocycles. The van der Waals surface area contributed by atoms with Crippen LogP contribution in [0.4, 0.5) is 11.4 Å². The Morgan fingerprint density at radius 2 is 2.09 bits per heavy atom. The van der Waals surface area contributed by atoms with Gasteiger partial charge in [-0.05, 0) is 31.6 Å². The summed E-state index contributed by atoms with van der Waals surface area (Å²) in [6.45, 7) is 0.976. The molecule has 0 radical (unpaired) electrons. The van der Waals surface area contributed by atoms with E-state index < -0.39 is 28.3 Å². The predicted molar refractivity (Wildman–Crippen MR) is 122 cm³/mol. The van der Waals surface area contributed by atoms with E-state index >= 15 is 0 Å². The molecule has 1 atom stereocenters. The molecule has 0 spiro atoms. The fraction of sp³-hybridized carbons (Fsp3) is 0.333. The van der Waals surface area contributed by atoms with Crippen LogP contribution in [0.1, 0.15) is 23.7 Å². The minimum Gasteiger partial charge on any atom is -0.452 e. The first-order valence-corrected chi connectivity index (χ1v) is 12.3. The minimum absolute atomic E-state index is 0.0290. The Bertz CT molecular complexity index is 1270. The second kappa shape index (κ2) is 8.99. The first kappa shape index (κ1) is 23.0. The molecule has 0 unspecified atom stereocenters. The number of amides is 2. The molecular formula is C21H21ClN4O6S. The molecule has 1 fully saturated rings. The summed E-state index contributed by atoms with van der Waals surface area (Å²) in [5, 5.41) is 7.22. The number of nitrogens with one attached hydrogen (secondary N) is 1. The quantitative estimate of drug-likeness (QED) is 0.497. The van der Waals surface area contributed by atoms with Gasteiger partial charge in [0.15, 0.2) is 16.4 Å². The molecule has 1 aromatic carbocycles.